The Bertz CT molecular complexity index is 592. The number of aryl methyl sites for hydroxylation is 2. The summed E-state index contributed by atoms with van der Waals surface area (Å²) in [5.74, 6) is -0.188. The van der Waals surface area contributed by atoms with Gasteiger partial charge in [-0.3, -0.25) is 4.79 Å². The Hall–Kier alpha value is -0.910. The van der Waals surface area contributed by atoms with Crippen LogP contribution in [-0.4, -0.2) is 10.9 Å². The number of benzene rings is 1. The molecule has 0 radical (unpaired) electrons. The Morgan fingerprint density at radius 3 is 2.72 bits per heavy atom. The third-order valence-electron chi connectivity index (χ3n) is 2.44. The Morgan fingerprint density at radius 1 is 1.44 bits per heavy atom. The molecular formula is C12H10BrClN2OS. The molecule has 2 aromatic rings. The normalized spacial score (nSPS) is 10.4. The van der Waals surface area contributed by atoms with Gasteiger partial charge < -0.3 is 5.32 Å². The Kier molecular flexibility index (Phi) is 4.04. The van der Waals surface area contributed by atoms with Gasteiger partial charge in [0, 0.05) is 0 Å². The first kappa shape index (κ1) is 13.5. The van der Waals surface area contributed by atoms with Gasteiger partial charge in [0.2, 0.25) is 0 Å². The summed E-state index contributed by atoms with van der Waals surface area (Å²) in [6, 6.07) is 5.50. The lowest BCUT2D eigenvalue weighted by atomic mass is 10.2. The fraction of sp³-hybridized carbons (Fsp3) is 0.167. The lowest BCUT2D eigenvalue weighted by molar-refractivity contribution is 0.102. The third-order valence-corrected chi connectivity index (χ3v) is 4.36. The van der Waals surface area contributed by atoms with Crippen LogP contribution >= 0.6 is 38.9 Å². The molecule has 0 saturated carbocycles. The molecule has 0 saturated heterocycles. The van der Waals surface area contributed by atoms with Crippen molar-refractivity contribution < 1.29 is 4.79 Å². The van der Waals surface area contributed by atoms with Crippen molar-refractivity contribution in [2.45, 2.75) is 13.8 Å². The number of thiazole rings is 1. The maximum atomic E-state index is 12.1. The molecule has 0 bridgehead atoms. The quantitative estimate of drug-likeness (QED) is 0.875. The number of anilines is 1. The van der Waals surface area contributed by atoms with Crippen LogP contribution in [-0.2, 0) is 0 Å². The standard InChI is InChI=1S/C12H10BrClN2OS/c1-6-4-3-5-8(14)9(6)16-11(17)10-7(2)15-12(13)18-10/h3-5H,1-2H3,(H,16,17). The summed E-state index contributed by atoms with van der Waals surface area (Å²) in [4.78, 5) is 16.9. The Labute approximate surface area is 122 Å². The largest absolute Gasteiger partial charge is 0.320 e. The molecule has 1 N–H and O–H groups in total. The number of halogens is 2. The van der Waals surface area contributed by atoms with Crippen molar-refractivity contribution >= 4 is 50.5 Å². The van der Waals surface area contributed by atoms with E-state index in [0.29, 0.717) is 25.2 Å². The van der Waals surface area contributed by atoms with E-state index in [0.717, 1.165) is 5.56 Å². The highest BCUT2D eigenvalue weighted by Crippen LogP contribution is 2.28. The average molecular weight is 346 g/mol. The van der Waals surface area contributed by atoms with Gasteiger partial charge >= 0.3 is 0 Å². The van der Waals surface area contributed by atoms with Crippen LogP contribution in [0.5, 0.6) is 0 Å². The van der Waals surface area contributed by atoms with Gasteiger partial charge in [0.25, 0.3) is 5.91 Å². The minimum absolute atomic E-state index is 0.188. The van der Waals surface area contributed by atoms with Crippen LogP contribution in [0.4, 0.5) is 5.69 Å². The minimum atomic E-state index is -0.188. The number of carbonyl (C=O) groups is 1. The molecular weight excluding hydrogens is 336 g/mol. The van der Waals surface area contributed by atoms with Crippen molar-refractivity contribution in [2.75, 3.05) is 5.32 Å². The monoisotopic (exact) mass is 344 g/mol. The van der Waals surface area contributed by atoms with Crippen LogP contribution in [0.3, 0.4) is 0 Å². The molecule has 0 aliphatic rings. The molecule has 0 atom stereocenters. The van der Waals surface area contributed by atoms with Crippen molar-refractivity contribution in [1.29, 1.82) is 0 Å². The van der Waals surface area contributed by atoms with Crippen LogP contribution in [0.1, 0.15) is 20.9 Å². The number of nitrogens with one attached hydrogen (secondary N) is 1. The zero-order valence-electron chi connectivity index (χ0n) is 9.75. The first-order valence-corrected chi connectivity index (χ1v) is 7.17. The number of hydrogen-bond donors (Lipinski definition) is 1. The highest BCUT2D eigenvalue weighted by molar-refractivity contribution is 9.11. The maximum Gasteiger partial charge on any atom is 0.267 e. The lowest BCUT2D eigenvalue weighted by Gasteiger charge is -2.09. The number of rotatable bonds is 2. The Morgan fingerprint density at radius 2 is 2.17 bits per heavy atom. The Balaban J connectivity index is 2.30. The highest BCUT2D eigenvalue weighted by atomic mass is 79.9. The van der Waals surface area contributed by atoms with Crippen LogP contribution in [0.15, 0.2) is 22.1 Å². The van der Waals surface area contributed by atoms with E-state index >= 15 is 0 Å². The van der Waals surface area contributed by atoms with Gasteiger partial charge in [0.05, 0.1) is 16.4 Å². The van der Waals surface area contributed by atoms with Crippen molar-refractivity contribution in [3.63, 3.8) is 0 Å². The minimum Gasteiger partial charge on any atom is -0.320 e. The second-order valence-corrected chi connectivity index (χ2v) is 6.45. The number of amides is 1. The van der Waals surface area contributed by atoms with Crippen molar-refractivity contribution in [1.82, 2.24) is 4.98 Å². The van der Waals surface area contributed by atoms with Gasteiger partial charge in [-0.1, -0.05) is 23.7 Å². The molecule has 1 amide bonds. The summed E-state index contributed by atoms with van der Waals surface area (Å²) in [6.45, 7) is 3.70. The predicted octanol–water partition coefficient (Wildman–Crippen LogP) is 4.43. The fourth-order valence-corrected chi connectivity index (χ4v) is 3.24. The van der Waals surface area contributed by atoms with E-state index in [9.17, 15) is 4.79 Å². The van der Waals surface area contributed by atoms with Crippen LogP contribution in [0.25, 0.3) is 0 Å². The van der Waals surface area contributed by atoms with E-state index in [1.54, 1.807) is 13.0 Å². The number of carbonyl (C=O) groups excluding carboxylic acids is 1. The van der Waals surface area contributed by atoms with E-state index in [-0.39, 0.29) is 5.91 Å². The van der Waals surface area contributed by atoms with E-state index < -0.39 is 0 Å². The second kappa shape index (κ2) is 5.38. The maximum absolute atomic E-state index is 12.1. The van der Waals surface area contributed by atoms with E-state index in [1.165, 1.54) is 11.3 Å². The third kappa shape index (κ3) is 2.74. The van der Waals surface area contributed by atoms with Gasteiger partial charge in [-0.05, 0) is 41.4 Å². The predicted molar refractivity (Wildman–Crippen MR) is 78.7 cm³/mol. The molecule has 1 heterocycles. The first-order valence-electron chi connectivity index (χ1n) is 5.18. The molecule has 1 aromatic carbocycles. The molecule has 6 heteroatoms. The molecule has 0 aliphatic carbocycles. The number of nitrogens with zero attached hydrogens (tertiary/aromatic N) is 1. The van der Waals surface area contributed by atoms with E-state index in [2.05, 4.69) is 26.2 Å². The summed E-state index contributed by atoms with van der Waals surface area (Å²) in [5.41, 5.74) is 2.28. The molecule has 0 unspecified atom stereocenters. The van der Waals surface area contributed by atoms with Crippen molar-refractivity contribution in [3.05, 3.63) is 43.3 Å². The summed E-state index contributed by atoms with van der Waals surface area (Å²) >= 11 is 10.6. The summed E-state index contributed by atoms with van der Waals surface area (Å²) in [7, 11) is 0. The molecule has 2 rings (SSSR count). The zero-order valence-corrected chi connectivity index (χ0v) is 12.9. The second-order valence-electron chi connectivity index (χ2n) is 3.77. The topological polar surface area (TPSA) is 42.0 Å². The molecule has 0 fully saturated rings. The number of aromatic nitrogens is 1. The molecule has 3 nitrogen and oxygen atoms in total. The SMILES string of the molecule is Cc1cccc(Cl)c1NC(=O)c1sc(Br)nc1C. The average Bonchev–Trinajstić information content (AvgIpc) is 2.63. The van der Waals surface area contributed by atoms with E-state index in [1.807, 2.05) is 19.1 Å². The summed E-state index contributed by atoms with van der Waals surface area (Å²) in [6.07, 6.45) is 0. The number of hydrogen-bond acceptors (Lipinski definition) is 3. The van der Waals surface area contributed by atoms with Gasteiger partial charge in [-0.2, -0.15) is 0 Å². The van der Waals surface area contributed by atoms with Crippen LogP contribution in [0.2, 0.25) is 5.02 Å². The summed E-state index contributed by atoms with van der Waals surface area (Å²) < 4.78 is 0.695. The highest BCUT2D eigenvalue weighted by Gasteiger charge is 2.16. The van der Waals surface area contributed by atoms with Crippen molar-refractivity contribution in [3.8, 4) is 0 Å². The lowest BCUT2D eigenvalue weighted by Crippen LogP contribution is -2.12. The summed E-state index contributed by atoms with van der Waals surface area (Å²) in [5, 5.41) is 3.36. The van der Waals surface area contributed by atoms with Gasteiger partial charge in [0.15, 0.2) is 3.92 Å². The van der Waals surface area contributed by atoms with E-state index in [4.69, 9.17) is 11.6 Å². The van der Waals surface area contributed by atoms with Gasteiger partial charge in [-0.25, -0.2) is 4.98 Å². The van der Waals surface area contributed by atoms with Crippen molar-refractivity contribution in [2.24, 2.45) is 0 Å². The zero-order chi connectivity index (χ0) is 13.3. The number of para-hydroxylation sites is 1. The first-order chi connectivity index (χ1) is 8.49. The molecule has 94 valence electrons. The molecule has 1 aromatic heterocycles. The molecule has 0 spiro atoms. The molecule has 18 heavy (non-hydrogen) atoms. The fourth-order valence-electron chi connectivity index (χ4n) is 1.53. The van der Waals surface area contributed by atoms with Gasteiger partial charge in [0.1, 0.15) is 4.88 Å². The molecule has 0 aliphatic heterocycles. The van der Waals surface area contributed by atoms with Crippen LogP contribution in [0, 0.1) is 13.8 Å². The van der Waals surface area contributed by atoms with Crippen LogP contribution < -0.4 is 5.32 Å². The smallest absolute Gasteiger partial charge is 0.267 e. The van der Waals surface area contributed by atoms with Gasteiger partial charge in [-0.15, -0.1) is 11.3 Å².